The highest BCUT2D eigenvalue weighted by atomic mass is 32.1. The van der Waals surface area contributed by atoms with Gasteiger partial charge in [-0.25, -0.2) is 4.79 Å². The summed E-state index contributed by atoms with van der Waals surface area (Å²) in [5.41, 5.74) is 1.13. The maximum absolute atomic E-state index is 11.3. The van der Waals surface area contributed by atoms with Gasteiger partial charge < -0.3 is 10.4 Å². The molecular weight excluding hydrogens is 286 g/mol. The van der Waals surface area contributed by atoms with Crippen LogP contribution < -0.4 is 5.32 Å². The molecule has 3 rings (SSSR count). The molecule has 0 atom stereocenters. The van der Waals surface area contributed by atoms with E-state index in [2.05, 4.69) is 15.5 Å². The average Bonchev–Trinajstić information content (AvgIpc) is 2.90. The number of hydrogen-bond donors (Lipinski definition) is 2. The molecule has 2 aromatic heterocycles. The Kier molecular flexibility index (Phi) is 3.53. The minimum absolute atomic E-state index is 0.0537. The molecule has 0 amide bonds. The average molecular weight is 299 g/mol. The van der Waals surface area contributed by atoms with Crippen LogP contribution in [0, 0.1) is 6.92 Å². The van der Waals surface area contributed by atoms with E-state index in [-0.39, 0.29) is 5.69 Å². The summed E-state index contributed by atoms with van der Waals surface area (Å²) in [5, 5.41) is 21.0. The van der Waals surface area contributed by atoms with Gasteiger partial charge in [0.05, 0.1) is 11.2 Å². The largest absolute Gasteiger partial charge is 0.476 e. The lowest BCUT2D eigenvalue weighted by atomic mass is 10.1. The highest BCUT2D eigenvalue weighted by Gasteiger charge is 2.16. The van der Waals surface area contributed by atoms with Gasteiger partial charge in [-0.1, -0.05) is 18.2 Å². The molecule has 21 heavy (non-hydrogen) atoms. The summed E-state index contributed by atoms with van der Waals surface area (Å²) in [6, 6.07) is 11.4. The first-order valence-electron chi connectivity index (χ1n) is 6.43. The maximum Gasteiger partial charge on any atom is 0.358 e. The number of anilines is 1. The second-order valence-corrected chi connectivity index (χ2v) is 5.98. The summed E-state index contributed by atoms with van der Waals surface area (Å²) in [5.74, 6) is -1.09. The molecule has 106 valence electrons. The van der Waals surface area contributed by atoms with Gasteiger partial charge in [0.2, 0.25) is 0 Å². The lowest BCUT2D eigenvalue weighted by Gasteiger charge is -2.10. The van der Waals surface area contributed by atoms with E-state index in [0.717, 1.165) is 10.3 Å². The van der Waals surface area contributed by atoms with Crippen LogP contribution in [-0.2, 0) is 6.54 Å². The van der Waals surface area contributed by atoms with Crippen LogP contribution in [0.2, 0.25) is 0 Å². The third-order valence-corrected chi connectivity index (χ3v) is 4.11. The number of carbonyl (C=O) groups is 1. The number of carboxylic acids is 1. The number of aromatic carboxylic acids is 1. The first kappa shape index (κ1) is 13.5. The zero-order valence-electron chi connectivity index (χ0n) is 11.3. The molecule has 3 aromatic rings. The monoisotopic (exact) mass is 299 g/mol. The molecule has 0 fully saturated rings. The first-order chi connectivity index (χ1) is 10.1. The molecule has 0 saturated carbocycles. The fraction of sp³-hybridized carbons (Fsp3) is 0.133. The van der Waals surface area contributed by atoms with Crippen LogP contribution in [0.1, 0.15) is 20.2 Å². The number of aryl methyl sites for hydroxylation is 1. The van der Waals surface area contributed by atoms with Crippen molar-refractivity contribution in [3.05, 3.63) is 51.8 Å². The Morgan fingerprint density at radius 1 is 1.24 bits per heavy atom. The Bertz CT molecular complexity index is 814. The van der Waals surface area contributed by atoms with Gasteiger partial charge in [-0.05, 0) is 25.1 Å². The van der Waals surface area contributed by atoms with Crippen molar-refractivity contribution in [3.8, 4) is 0 Å². The van der Waals surface area contributed by atoms with Crippen molar-refractivity contribution >= 4 is 33.9 Å². The maximum atomic E-state index is 11.3. The van der Waals surface area contributed by atoms with Gasteiger partial charge in [0.1, 0.15) is 0 Å². The Hall–Kier alpha value is -2.47. The van der Waals surface area contributed by atoms with Crippen molar-refractivity contribution in [2.24, 2.45) is 0 Å². The third-order valence-electron chi connectivity index (χ3n) is 3.11. The lowest BCUT2D eigenvalue weighted by molar-refractivity contribution is 0.0690. The quantitative estimate of drug-likeness (QED) is 0.773. The third kappa shape index (κ3) is 2.71. The molecule has 0 saturated heterocycles. The van der Waals surface area contributed by atoms with Gasteiger partial charge in [0, 0.05) is 21.7 Å². The Morgan fingerprint density at radius 3 is 2.76 bits per heavy atom. The number of nitrogens with zero attached hydrogens (tertiary/aromatic N) is 2. The highest BCUT2D eigenvalue weighted by Crippen LogP contribution is 2.26. The van der Waals surface area contributed by atoms with Crippen LogP contribution in [0.4, 0.5) is 5.69 Å². The van der Waals surface area contributed by atoms with E-state index in [1.165, 1.54) is 4.88 Å². The molecule has 0 unspecified atom stereocenters. The number of rotatable bonds is 4. The van der Waals surface area contributed by atoms with E-state index in [9.17, 15) is 9.90 Å². The summed E-state index contributed by atoms with van der Waals surface area (Å²) < 4.78 is 0. The van der Waals surface area contributed by atoms with Crippen molar-refractivity contribution in [2.75, 3.05) is 5.32 Å². The smallest absolute Gasteiger partial charge is 0.358 e. The molecule has 0 radical (unpaired) electrons. The molecule has 6 heteroatoms. The molecule has 1 aromatic carbocycles. The van der Waals surface area contributed by atoms with Gasteiger partial charge >= 0.3 is 5.97 Å². The van der Waals surface area contributed by atoms with E-state index in [0.29, 0.717) is 17.7 Å². The summed E-state index contributed by atoms with van der Waals surface area (Å²) in [6.07, 6.45) is 0. The van der Waals surface area contributed by atoms with Crippen LogP contribution in [0.15, 0.2) is 36.4 Å². The number of benzene rings is 1. The molecule has 2 N–H and O–H groups in total. The summed E-state index contributed by atoms with van der Waals surface area (Å²) in [4.78, 5) is 13.7. The number of nitrogens with one attached hydrogen (secondary N) is 1. The van der Waals surface area contributed by atoms with Crippen molar-refractivity contribution in [1.29, 1.82) is 0 Å². The second-order valence-electron chi connectivity index (χ2n) is 4.61. The molecule has 0 aliphatic carbocycles. The highest BCUT2D eigenvalue weighted by molar-refractivity contribution is 7.11. The molecular formula is C15H13N3O2S. The predicted molar refractivity (Wildman–Crippen MR) is 82.9 cm³/mol. The number of thiophene rings is 1. The first-order valence-corrected chi connectivity index (χ1v) is 7.24. The van der Waals surface area contributed by atoms with Crippen molar-refractivity contribution in [1.82, 2.24) is 10.2 Å². The lowest BCUT2D eigenvalue weighted by Crippen LogP contribution is -2.10. The van der Waals surface area contributed by atoms with Crippen LogP contribution >= 0.6 is 11.3 Å². The van der Waals surface area contributed by atoms with Gasteiger partial charge in [0.25, 0.3) is 0 Å². The van der Waals surface area contributed by atoms with E-state index in [1.54, 1.807) is 11.3 Å². The van der Waals surface area contributed by atoms with Crippen molar-refractivity contribution in [2.45, 2.75) is 13.5 Å². The van der Waals surface area contributed by atoms with E-state index >= 15 is 0 Å². The molecule has 0 spiro atoms. The Balaban J connectivity index is 2.01. The Labute approximate surface area is 125 Å². The van der Waals surface area contributed by atoms with E-state index in [1.807, 2.05) is 43.3 Å². The fourth-order valence-corrected chi connectivity index (χ4v) is 2.97. The number of carboxylic acid groups (broad SMARTS) is 1. The summed E-state index contributed by atoms with van der Waals surface area (Å²) >= 11 is 1.68. The minimum Gasteiger partial charge on any atom is -0.476 e. The van der Waals surface area contributed by atoms with Gasteiger partial charge in [-0.3, -0.25) is 0 Å². The molecule has 0 aliphatic heterocycles. The second kappa shape index (κ2) is 5.49. The number of hydrogen-bond acceptors (Lipinski definition) is 5. The SMILES string of the molecule is Cc1ccc(CNc2c(C(=O)O)nnc3ccccc23)s1. The molecule has 5 nitrogen and oxygen atoms in total. The van der Waals surface area contributed by atoms with Crippen LogP contribution in [0.3, 0.4) is 0 Å². The molecule has 0 aliphatic rings. The van der Waals surface area contributed by atoms with Gasteiger partial charge in [-0.2, -0.15) is 0 Å². The summed E-state index contributed by atoms with van der Waals surface area (Å²) in [6.45, 7) is 2.61. The topological polar surface area (TPSA) is 75.1 Å². The van der Waals surface area contributed by atoms with Crippen molar-refractivity contribution in [3.63, 3.8) is 0 Å². The normalized spacial score (nSPS) is 10.7. The zero-order valence-corrected chi connectivity index (χ0v) is 12.1. The van der Waals surface area contributed by atoms with Crippen LogP contribution in [-0.4, -0.2) is 21.3 Å². The van der Waals surface area contributed by atoms with Crippen LogP contribution in [0.25, 0.3) is 10.9 Å². The molecule has 0 bridgehead atoms. The molecule has 2 heterocycles. The fourth-order valence-electron chi connectivity index (χ4n) is 2.14. The van der Waals surface area contributed by atoms with Crippen molar-refractivity contribution < 1.29 is 9.90 Å². The van der Waals surface area contributed by atoms with E-state index in [4.69, 9.17) is 0 Å². The number of fused-ring (bicyclic) bond motifs is 1. The van der Waals surface area contributed by atoms with Gasteiger partial charge in [-0.15, -0.1) is 21.5 Å². The Morgan fingerprint density at radius 2 is 2.05 bits per heavy atom. The zero-order chi connectivity index (χ0) is 14.8. The van der Waals surface area contributed by atoms with Crippen LogP contribution in [0.5, 0.6) is 0 Å². The summed E-state index contributed by atoms with van der Waals surface area (Å²) in [7, 11) is 0. The minimum atomic E-state index is -1.09. The number of aromatic nitrogens is 2. The predicted octanol–water partition coefficient (Wildman–Crippen LogP) is 3.31. The standard InChI is InChI=1S/C15H13N3O2S/c1-9-6-7-10(21-9)8-16-13-11-4-2-3-5-12(11)17-18-14(13)15(19)20/h2-7H,8H2,1H3,(H,16,17)(H,19,20). The van der Waals surface area contributed by atoms with Gasteiger partial charge in [0.15, 0.2) is 5.69 Å². The van der Waals surface area contributed by atoms with E-state index < -0.39 is 5.97 Å².